The molecular formula is C23H27NO6S. The molecule has 2 amide bonds. The van der Waals surface area contributed by atoms with Crippen molar-refractivity contribution < 1.29 is 28.6 Å². The van der Waals surface area contributed by atoms with Crippen molar-refractivity contribution in [3.63, 3.8) is 0 Å². The Morgan fingerprint density at radius 2 is 1.58 bits per heavy atom. The molecule has 1 atom stereocenters. The van der Waals surface area contributed by atoms with E-state index in [0.717, 1.165) is 5.56 Å². The number of imide groups is 1. The fourth-order valence-electron chi connectivity index (χ4n) is 2.83. The molecule has 166 valence electrons. The molecule has 0 aliphatic rings. The summed E-state index contributed by atoms with van der Waals surface area (Å²) in [5.41, 5.74) is 1.37. The van der Waals surface area contributed by atoms with Gasteiger partial charge in [-0.15, -0.1) is 0 Å². The number of ether oxygens (including phenoxy) is 3. The summed E-state index contributed by atoms with van der Waals surface area (Å²) in [6.07, 6.45) is 2.68. The van der Waals surface area contributed by atoms with Crippen LogP contribution >= 0.6 is 11.8 Å². The summed E-state index contributed by atoms with van der Waals surface area (Å²) < 4.78 is 16.7. The molecule has 1 N–H and O–H groups in total. The molecule has 0 fully saturated rings. The molecule has 0 saturated carbocycles. The van der Waals surface area contributed by atoms with Crippen LogP contribution in [0.3, 0.4) is 0 Å². The molecule has 0 radical (unpaired) electrons. The Morgan fingerprint density at radius 3 is 2.10 bits per heavy atom. The van der Waals surface area contributed by atoms with Gasteiger partial charge >= 0.3 is 0 Å². The van der Waals surface area contributed by atoms with Gasteiger partial charge in [0.05, 0.1) is 18.5 Å². The SMILES string of the molecule is CCOc1cc(OCC)cc(C(=O)COc2ccc(CC(SC)C(=O)NC=O)cc2)c1. The minimum atomic E-state index is -0.365. The van der Waals surface area contributed by atoms with E-state index >= 15 is 0 Å². The summed E-state index contributed by atoms with van der Waals surface area (Å²) in [7, 11) is 0. The number of amides is 2. The molecule has 0 aromatic heterocycles. The highest BCUT2D eigenvalue weighted by Gasteiger charge is 2.17. The maximum Gasteiger partial charge on any atom is 0.239 e. The Morgan fingerprint density at radius 1 is 0.968 bits per heavy atom. The zero-order chi connectivity index (χ0) is 22.6. The van der Waals surface area contributed by atoms with Crippen LogP contribution in [0.4, 0.5) is 0 Å². The van der Waals surface area contributed by atoms with Crippen molar-refractivity contribution in [2.75, 3.05) is 26.1 Å². The normalized spacial score (nSPS) is 11.3. The van der Waals surface area contributed by atoms with E-state index in [4.69, 9.17) is 14.2 Å². The number of hydrogen-bond acceptors (Lipinski definition) is 7. The van der Waals surface area contributed by atoms with Crippen molar-refractivity contribution in [3.8, 4) is 17.2 Å². The van der Waals surface area contributed by atoms with Crippen molar-refractivity contribution in [1.82, 2.24) is 5.32 Å². The van der Waals surface area contributed by atoms with Crippen LogP contribution in [-0.2, 0) is 16.0 Å². The van der Waals surface area contributed by atoms with Crippen LogP contribution in [-0.4, -0.2) is 49.4 Å². The van der Waals surface area contributed by atoms with Gasteiger partial charge in [0, 0.05) is 11.6 Å². The molecule has 0 heterocycles. The first-order chi connectivity index (χ1) is 15.0. The standard InChI is InChI=1S/C23H27NO6S/c1-4-28-19-11-17(12-20(13-19)29-5-2)21(26)14-30-18-8-6-16(7-9-18)10-22(31-3)23(27)24-15-25/h6-9,11-13,15,22H,4-5,10,14H2,1-3H3,(H,24,25,27). The highest BCUT2D eigenvalue weighted by atomic mass is 32.2. The second-order valence-electron chi connectivity index (χ2n) is 6.47. The number of carbonyl (C=O) groups is 3. The molecule has 1 unspecified atom stereocenters. The molecule has 0 aliphatic carbocycles. The van der Waals surface area contributed by atoms with Crippen LogP contribution in [0.5, 0.6) is 17.2 Å². The number of ketones is 1. The molecule has 2 aromatic carbocycles. The number of rotatable bonds is 13. The monoisotopic (exact) mass is 445 g/mol. The second kappa shape index (κ2) is 12.6. The van der Waals surface area contributed by atoms with Gasteiger partial charge in [-0.2, -0.15) is 11.8 Å². The van der Waals surface area contributed by atoms with E-state index in [2.05, 4.69) is 5.32 Å². The highest BCUT2D eigenvalue weighted by molar-refractivity contribution is 7.99. The van der Waals surface area contributed by atoms with Gasteiger partial charge < -0.3 is 14.2 Å². The van der Waals surface area contributed by atoms with Crippen LogP contribution in [0, 0.1) is 0 Å². The lowest BCUT2D eigenvalue weighted by atomic mass is 10.1. The number of thioether (sulfide) groups is 1. The smallest absolute Gasteiger partial charge is 0.239 e. The Hall–Kier alpha value is -3.00. The first-order valence-electron chi connectivity index (χ1n) is 9.93. The van der Waals surface area contributed by atoms with Crippen LogP contribution in [0.15, 0.2) is 42.5 Å². The number of nitrogens with one attached hydrogen (secondary N) is 1. The van der Waals surface area contributed by atoms with Crippen molar-refractivity contribution in [2.24, 2.45) is 0 Å². The van der Waals surface area contributed by atoms with E-state index in [9.17, 15) is 14.4 Å². The maximum absolute atomic E-state index is 12.6. The van der Waals surface area contributed by atoms with E-state index in [-0.39, 0.29) is 23.5 Å². The van der Waals surface area contributed by atoms with Gasteiger partial charge in [0.2, 0.25) is 12.3 Å². The summed E-state index contributed by atoms with van der Waals surface area (Å²) in [6, 6.07) is 12.3. The first-order valence-corrected chi connectivity index (χ1v) is 11.2. The van der Waals surface area contributed by atoms with Crippen LogP contribution in [0.2, 0.25) is 0 Å². The topological polar surface area (TPSA) is 90.9 Å². The quantitative estimate of drug-likeness (QED) is 0.374. The van der Waals surface area contributed by atoms with Gasteiger partial charge in [0.15, 0.2) is 12.4 Å². The summed E-state index contributed by atoms with van der Waals surface area (Å²) in [6.45, 7) is 4.59. The molecule has 0 saturated heterocycles. The van der Waals surface area contributed by atoms with E-state index in [1.165, 1.54) is 11.8 Å². The lowest BCUT2D eigenvalue weighted by molar-refractivity contribution is -0.124. The molecule has 2 aromatic rings. The zero-order valence-electron chi connectivity index (χ0n) is 17.9. The first kappa shape index (κ1) is 24.3. The molecule has 7 nitrogen and oxygen atoms in total. The number of benzene rings is 2. The van der Waals surface area contributed by atoms with E-state index in [1.54, 1.807) is 30.3 Å². The minimum Gasteiger partial charge on any atom is -0.494 e. The summed E-state index contributed by atoms with van der Waals surface area (Å²) in [5, 5.41) is 1.81. The molecule has 0 aliphatic heterocycles. The molecule has 2 rings (SSSR count). The van der Waals surface area contributed by atoms with Gasteiger partial charge in [-0.05, 0) is 56.4 Å². The van der Waals surface area contributed by atoms with Gasteiger partial charge in [-0.1, -0.05) is 12.1 Å². The van der Waals surface area contributed by atoms with E-state index in [1.807, 2.05) is 32.2 Å². The van der Waals surface area contributed by atoms with Gasteiger partial charge in [-0.3, -0.25) is 19.7 Å². The van der Waals surface area contributed by atoms with Crippen molar-refractivity contribution >= 4 is 29.9 Å². The molecule has 31 heavy (non-hydrogen) atoms. The predicted octanol–water partition coefficient (Wildman–Crippen LogP) is 3.29. The Kier molecular flexibility index (Phi) is 9.90. The van der Waals surface area contributed by atoms with Crippen LogP contribution in [0.1, 0.15) is 29.8 Å². The largest absolute Gasteiger partial charge is 0.494 e. The fourth-order valence-corrected chi connectivity index (χ4v) is 3.48. The van der Waals surface area contributed by atoms with Crippen LogP contribution in [0.25, 0.3) is 0 Å². The Labute approximate surface area is 186 Å². The van der Waals surface area contributed by atoms with E-state index in [0.29, 0.717) is 48.9 Å². The molecule has 0 bridgehead atoms. The zero-order valence-corrected chi connectivity index (χ0v) is 18.7. The summed E-state index contributed by atoms with van der Waals surface area (Å²) in [4.78, 5) is 34.9. The van der Waals surface area contributed by atoms with Crippen LogP contribution < -0.4 is 19.5 Å². The van der Waals surface area contributed by atoms with E-state index < -0.39 is 0 Å². The molecule has 8 heteroatoms. The van der Waals surface area contributed by atoms with Gasteiger partial charge in [0.25, 0.3) is 0 Å². The highest BCUT2D eigenvalue weighted by Crippen LogP contribution is 2.24. The molecule has 0 spiro atoms. The van der Waals surface area contributed by atoms with Crippen molar-refractivity contribution in [3.05, 3.63) is 53.6 Å². The third-order valence-corrected chi connectivity index (χ3v) is 5.27. The number of hydrogen-bond donors (Lipinski definition) is 1. The number of Topliss-reactive ketones (excluding diaryl/α,β-unsaturated/α-hetero) is 1. The van der Waals surface area contributed by atoms with Gasteiger partial charge in [0.1, 0.15) is 17.2 Å². The average Bonchev–Trinajstić information content (AvgIpc) is 2.77. The fraction of sp³-hybridized carbons (Fsp3) is 0.348. The molecular weight excluding hydrogens is 418 g/mol. The third-order valence-electron chi connectivity index (χ3n) is 4.32. The van der Waals surface area contributed by atoms with Gasteiger partial charge in [-0.25, -0.2) is 0 Å². The maximum atomic E-state index is 12.6. The predicted molar refractivity (Wildman–Crippen MR) is 120 cm³/mol. The minimum absolute atomic E-state index is 0.129. The lowest BCUT2D eigenvalue weighted by Crippen LogP contribution is -2.32. The average molecular weight is 446 g/mol. The van der Waals surface area contributed by atoms with Crippen molar-refractivity contribution in [1.29, 1.82) is 0 Å². The summed E-state index contributed by atoms with van der Waals surface area (Å²) >= 11 is 1.37. The van der Waals surface area contributed by atoms with Crippen molar-refractivity contribution in [2.45, 2.75) is 25.5 Å². The Bertz CT molecular complexity index is 860. The second-order valence-corrected chi connectivity index (χ2v) is 7.51. The third kappa shape index (κ3) is 7.64. The lowest BCUT2D eigenvalue weighted by Gasteiger charge is -2.13. The number of carbonyl (C=O) groups excluding carboxylic acids is 3. The summed E-state index contributed by atoms with van der Waals surface area (Å²) in [5.74, 6) is 1.17. The Balaban J connectivity index is 1.99.